The van der Waals surface area contributed by atoms with E-state index in [0.717, 1.165) is 48.4 Å². The van der Waals surface area contributed by atoms with Gasteiger partial charge >= 0.3 is 0 Å². The first kappa shape index (κ1) is 20.7. The second-order valence-corrected chi connectivity index (χ2v) is 7.49. The van der Waals surface area contributed by atoms with Gasteiger partial charge in [-0.2, -0.15) is 0 Å². The Morgan fingerprint density at radius 2 is 1.68 bits per heavy atom. The number of methoxy groups -OCH3 is 1. The molecule has 0 bridgehead atoms. The summed E-state index contributed by atoms with van der Waals surface area (Å²) in [5, 5.41) is 3.00. The summed E-state index contributed by atoms with van der Waals surface area (Å²) in [7, 11) is 1.61. The van der Waals surface area contributed by atoms with E-state index in [1.54, 1.807) is 31.4 Å². The first-order valence-electron chi connectivity index (χ1n) is 10.6. The highest BCUT2D eigenvalue weighted by molar-refractivity contribution is 5.94. The average Bonchev–Trinajstić information content (AvgIpc) is 3.18. The van der Waals surface area contributed by atoms with E-state index in [1.807, 2.05) is 12.1 Å². The third-order valence-corrected chi connectivity index (χ3v) is 5.42. The molecule has 158 valence electrons. The zero-order valence-corrected chi connectivity index (χ0v) is 17.8. The van der Waals surface area contributed by atoms with E-state index >= 15 is 0 Å². The van der Waals surface area contributed by atoms with Crippen LogP contribution in [0.1, 0.15) is 28.2 Å². The van der Waals surface area contributed by atoms with Crippen LogP contribution in [0.15, 0.2) is 78.9 Å². The molecule has 1 aromatic heterocycles. The maximum atomic E-state index is 12.4. The van der Waals surface area contributed by atoms with Crippen molar-refractivity contribution in [1.29, 1.82) is 0 Å². The van der Waals surface area contributed by atoms with Crippen molar-refractivity contribution < 1.29 is 9.53 Å². The molecule has 3 aromatic carbocycles. The van der Waals surface area contributed by atoms with E-state index in [4.69, 9.17) is 9.72 Å². The Bertz CT molecular complexity index is 1130. The number of aryl methyl sites for hydroxylation is 3. The van der Waals surface area contributed by atoms with Crippen molar-refractivity contribution in [3.8, 4) is 5.75 Å². The van der Waals surface area contributed by atoms with Crippen LogP contribution >= 0.6 is 0 Å². The summed E-state index contributed by atoms with van der Waals surface area (Å²) < 4.78 is 7.45. The quantitative estimate of drug-likeness (QED) is 0.406. The van der Waals surface area contributed by atoms with Gasteiger partial charge in [0.05, 0.1) is 18.1 Å². The van der Waals surface area contributed by atoms with Crippen LogP contribution in [0.25, 0.3) is 11.0 Å². The fourth-order valence-electron chi connectivity index (χ4n) is 3.74. The van der Waals surface area contributed by atoms with Crippen LogP contribution in [-0.4, -0.2) is 29.1 Å². The number of aromatic nitrogens is 2. The maximum absolute atomic E-state index is 12.4. The standard InChI is InChI=1S/C26H27N3O2/c1-31-22-15-13-21(14-16-22)26(30)27-18-7-12-25-28-23-10-5-6-11-24(23)29(25)19-17-20-8-3-2-4-9-20/h2-6,8-11,13-16H,7,12,17-19H2,1H3,(H,27,30). The number of nitrogens with one attached hydrogen (secondary N) is 1. The molecule has 5 nitrogen and oxygen atoms in total. The number of fused-ring (bicyclic) bond motifs is 1. The van der Waals surface area contributed by atoms with Gasteiger partial charge in [-0.15, -0.1) is 0 Å². The molecular weight excluding hydrogens is 386 g/mol. The van der Waals surface area contributed by atoms with Gasteiger partial charge in [0.2, 0.25) is 0 Å². The summed E-state index contributed by atoms with van der Waals surface area (Å²) in [5.41, 5.74) is 4.14. The van der Waals surface area contributed by atoms with Gasteiger partial charge in [-0.25, -0.2) is 4.98 Å². The molecular formula is C26H27N3O2. The molecule has 0 radical (unpaired) electrons. The Labute approximate surface area is 182 Å². The first-order chi connectivity index (χ1) is 15.2. The zero-order chi connectivity index (χ0) is 21.5. The molecule has 5 heteroatoms. The third-order valence-electron chi connectivity index (χ3n) is 5.42. The number of para-hydroxylation sites is 2. The van der Waals surface area contributed by atoms with Crippen LogP contribution in [-0.2, 0) is 19.4 Å². The highest BCUT2D eigenvalue weighted by Crippen LogP contribution is 2.18. The Balaban J connectivity index is 1.37. The average molecular weight is 414 g/mol. The SMILES string of the molecule is COc1ccc(C(=O)NCCCc2nc3ccccc3n2CCc2ccccc2)cc1. The van der Waals surface area contributed by atoms with Crippen molar-refractivity contribution in [2.24, 2.45) is 0 Å². The number of ether oxygens (including phenoxy) is 1. The van der Waals surface area contributed by atoms with Gasteiger partial charge in [0, 0.05) is 25.1 Å². The van der Waals surface area contributed by atoms with Gasteiger partial charge in [-0.05, 0) is 54.8 Å². The first-order valence-corrected chi connectivity index (χ1v) is 10.6. The van der Waals surface area contributed by atoms with Crippen molar-refractivity contribution in [1.82, 2.24) is 14.9 Å². The highest BCUT2D eigenvalue weighted by Gasteiger charge is 2.11. The van der Waals surface area contributed by atoms with Crippen LogP contribution in [0.3, 0.4) is 0 Å². The van der Waals surface area contributed by atoms with E-state index in [2.05, 4.69) is 52.3 Å². The van der Waals surface area contributed by atoms with Crippen LogP contribution in [0.2, 0.25) is 0 Å². The molecule has 1 heterocycles. The molecule has 0 saturated heterocycles. The van der Waals surface area contributed by atoms with Crippen molar-refractivity contribution >= 4 is 16.9 Å². The Kier molecular flexibility index (Phi) is 6.62. The topological polar surface area (TPSA) is 56.1 Å². The second kappa shape index (κ2) is 9.94. The van der Waals surface area contributed by atoms with Crippen molar-refractivity contribution in [2.45, 2.75) is 25.8 Å². The largest absolute Gasteiger partial charge is 0.497 e. The van der Waals surface area contributed by atoms with Gasteiger partial charge in [-0.3, -0.25) is 4.79 Å². The molecule has 0 atom stereocenters. The van der Waals surface area contributed by atoms with Gasteiger partial charge in [0.25, 0.3) is 5.91 Å². The predicted octanol–water partition coefficient (Wildman–Crippen LogP) is 4.65. The normalized spacial score (nSPS) is 10.9. The monoisotopic (exact) mass is 413 g/mol. The van der Waals surface area contributed by atoms with E-state index in [-0.39, 0.29) is 5.91 Å². The molecule has 0 aliphatic carbocycles. The number of imidazole rings is 1. The highest BCUT2D eigenvalue weighted by atomic mass is 16.5. The summed E-state index contributed by atoms with van der Waals surface area (Å²) in [5.74, 6) is 1.74. The summed E-state index contributed by atoms with van der Waals surface area (Å²) in [6.45, 7) is 1.49. The minimum atomic E-state index is -0.0692. The maximum Gasteiger partial charge on any atom is 0.251 e. The van der Waals surface area contributed by atoms with E-state index in [9.17, 15) is 4.79 Å². The molecule has 0 spiro atoms. The molecule has 31 heavy (non-hydrogen) atoms. The smallest absolute Gasteiger partial charge is 0.251 e. The minimum Gasteiger partial charge on any atom is -0.497 e. The van der Waals surface area contributed by atoms with Gasteiger partial charge < -0.3 is 14.6 Å². The summed E-state index contributed by atoms with van der Waals surface area (Å²) >= 11 is 0. The zero-order valence-electron chi connectivity index (χ0n) is 17.8. The molecule has 0 aliphatic rings. The summed E-state index contributed by atoms with van der Waals surface area (Å²) in [6.07, 6.45) is 2.60. The number of rotatable bonds is 9. The van der Waals surface area contributed by atoms with Crippen molar-refractivity contribution in [2.75, 3.05) is 13.7 Å². The molecule has 0 aliphatic heterocycles. The number of hydrogen-bond donors (Lipinski definition) is 1. The molecule has 1 N–H and O–H groups in total. The van der Waals surface area contributed by atoms with Gasteiger partial charge in [0.1, 0.15) is 11.6 Å². The van der Waals surface area contributed by atoms with Crippen LogP contribution in [0, 0.1) is 0 Å². The number of nitrogens with zero attached hydrogens (tertiary/aromatic N) is 2. The van der Waals surface area contributed by atoms with E-state index in [0.29, 0.717) is 12.1 Å². The summed E-state index contributed by atoms with van der Waals surface area (Å²) in [4.78, 5) is 17.2. The number of carbonyl (C=O) groups excluding carboxylic acids is 1. The van der Waals surface area contributed by atoms with Gasteiger partial charge in [0.15, 0.2) is 0 Å². The lowest BCUT2D eigenvalue weighted by Gasteiger charge is -2.10. The molecule has 0 unspecified atom stereocenters. The Morgan fingerprint density at radius 1 is 0.935 bits per heavy atom. The molecule has 0 fully saturated rings. The minimum absolute atomic E-state index is 0.0692. The number of amides is 1. The third kappa shape index (κ3) is 5.12. The van der Waals surface area contributed by atoms with Crippen molar-refractivity contribution in [3.63, 3.8) is 0 Å². The molecule has 4 rings (SSSR count). The molecule has 0 saturated carbocycles. The number of benzene rings is 3. The lowest BCUT2D eigenvalue weighted by molar-refractivity contribution is 0.0953. The van der Waals surface area contributed by atoms with Crippen molar-refractivity contribution in [3.05, 3.63) is 95.8 Å². The van der Waals surface area contributed by atoms with E-state index in [1.165, 1.54) is 5.56 Å². The second-order valence-electron chi connectivity index (χ2n) is 7.49. The summed E-state index contributed by atoms with van der Waals surface area (Å²) in [6, 6.07) is 25.9. The van der Waals surface area contributed by atoms with Crippen LogP contribution in [0.5, 0.6) is 5.75 Å². The lowest BCUT2D eigenvalue weighted by Crippen LogP contribution is -2.25. The molecule has 4 aromatic rings. The molecule has 1 amide bonds. The Hall–Kier alpha value is -3.60. The fraction of sp³-hybridized carbons (Fsp3) is 0.231. The Morgan fingerprint density at radius 3 is 2.45 bits per heavy atom. The van der Waals surface area contributed by atoms with Crippen LogP contribution in [0.4, 0.5) is 0 Å². The van der Waals surface area contributed by atoms with E-state index < -0.39 is 0 Å². The van der Waals surface area contributed by atoms with Crippen LogP contribution < -0.4 is 10.1 Å². The van der Waals surface area contributed by atoms with Gasteiger partial charge in [-0.1, -0.05) is 42.5 Å². The number of carbonyl (C=O) groups is 1. The fourth-order valence-corrected chi connectivity index (χ4v) is 3.74. The lowest BCUT2D eigenvalue weighted by atomic mass is 10.1. The number of hydrogen-bond acceptors (Lipinski definition) is 3. The predicted molar refractivity (Wildman–Crippen MR) is 124 cm³/mol.